The summed E-state index contributed by atoms with van der Waals surface area (Å²) in [5.41, 5.74) is 0.697. The van der Waals surface area contributed by atoms with E-state index in [9.17, 15) is 32.3 Å². The van der Waals surface area contributed by atoms with Crippen LogP contribution in [0.25, 0.3) is 21.5 Å². The highest BCUT2D eigenvalue weighted by Gasteiger charge is 2.31. The Bertz CT molecular complexity index is 1490. The minimum Gasteiger partial charge on any atom is -0.480 e. The molecule has 1 amide bonds. The minimum absolute atomic E-state index is 0.0737. The van der Waals surface area contributed by atoms with Crippen molar-refractivity contribution in [2.75, 3.05) is 5.32 Å². The SMILES string of the molecule is CC[C@H](C)[C@H](NC(=O)c1ccc(-c2ccc(Nc3nc4ncc(C(F)(F)F)cc4s3)c(F)c2)cc1)C(=O)O. The van der Waals surface area contributed by atoms with Gasteiger partial charge >= 0.3 is 12.1 Å². The molecule has 0 aliphatic heterocycles. The summed E-state index contributed by atoms with van der Waals surface area (Å²) in [6.07, 6.45) is -3.25. The van der Waals surface area contributed by atoms with Crippen LogP contribution in [-0.2, 0) is 11.0 Å². The summed E-state index contributed by atoms with van der Waals surface area (Å²) in [6, 6.07) is 10.6. The van der Waals surface area contributed by atoms with E-state index in [2.05, 4.69) is 20.6 Å². The number of fused-ring (bicyclic) bond motifs is 1. The molecule has 2 aromatic heterocycles. The number of nitrogens with zero attached hydrogens (tertiary/aromatic N) is 2. The van der Waals surface area contributed by atoms with Gasteiger partial charge in [0.1, 0.15) is 11.9 Å². The molecule has 38 heavy (non-hydrogen) atoms. The Morgan fingerprint density at radius 2 is 1.76 bits per heavy atom. The number of alkyl halides is 3. The highest BCUT2D eigenvalue weighted by Crippen LogP contribution is 2.34. The van der Waals surface area contributed by atoms with Crippen LogP contribution in [0.15, 0.2) is 54.7 Å². The number of carboxylic acid groups (broad SMARTS) is 1. The van der Waals surface area contributed by atoms with E-state index >= 15 is 0 Å². The number of halogens is 4. The molecule has 0 saturated carbocycles. The van der Waals surface area contributed by atoms with Crippen molar-refractivity contribution in [3.63, 3.8) is 0 Å². The van der Waals surface area contributed by atoms with Crippen molar-refractivity contribution < 1.29 is 32.3 Å². The van der Waals surface area contributed by atoms with E-state index in [1.807, 2.05) is 6.92 Å². The van der Waals surface area contributed by atoms with Crippen LogP contribution in [0.1, 0.15) is 36.2 Å². The molecule has 0 aliphatic carbocycles. The summed E-state index contributed by atoms with van der Waals surface area (Å²) < 4.78 is 53.8. The van der Waals surface area contributed by atoms with Crippen LogP contribution >= 0.6 is 11.3 Å². The van der Waals surface area contributed by atoms with Gasteiger partial charge in [-0.05, 0) is 47.4 Å². The summed E-state index contributed by atoms with van der Waals surface area (Å²) in [5, 5.41) is 14.9. The van der Waals surface area contributed by atoms with E-state index in [1.165, 1.54) is 24.3 Å². The largest absolute Gasteiger partial charge is 0.480 e. The number of pyridine rings is 1. The number of carboxylic acids is 1. The molecule has 2 atom stereocenters. The van der Waals surface area contributed by atoms with Gasteiger partial charge in [0.05, 0.1) is 16.0 Å². The Morgan fingerprint density at radius 1 is 1.08 bits per heavy atom. The number of amides is 1. The maximum atomic E-state index is 14.9. The molecule has 2 aromatic carbocycles. The number of rotatable bonds is 8. The van der Waals surface area contributed by atoms with Crippen molar-refractivity contribution in [1.29, 1.82) is 0 Å². The third-order valence-electron chi connectivity index (χ3n) is 6.03. The molecule has 0 spiro atoms. The monoisotopic (exact) mass is 546 g/mol. The zero-order chi connectivity index (χ0) is 27.6. The molecule has 3 N–H and O–H groups in total. The predicted octanol–water partition coefficient (Wildman–Crippen LogP) is 6.49. The number of hydrogen-bond acceptors (Lipinski definition) is 6. The number of carbonyl (C=O) groups excluding carboxylic acids is 1. The fourth-order valence-corrected chi connectivity index (χ4v) is 4.54. The highest BCUT2D eigenvalue weighted by molar-refractivity contribution is 7.22. The topological polar surface area (TPSA) is 104 Å². The molecule has 4 aromatic rings. The van der Waals surface area contributed by atoms with Crippen molar-refractivity contribution in [1.82, 2.24) is 15.3 Å². The number of benzene rings is 2. The lowest BCUT2D eigenvalue weighted by atomic mass is 9.98. The number of anilines is 2. The third kappa shape index (κ3) is 5.91. The van der Waals surface area contributed by atoms with E-state index in [-0.39, 0.29) is 32.6 Å². The lowest BCUT2D eigenvalue weighted by Gasteiger charge is -2.20. The fourth-order valence-electron chi connectivity index (χ4n) is 3.66. The van der Waals surface area contributed by atoms with Crippen molar-refractivity contribution in [3.05, 3.63) is 71.7 Å². The summed E-state index contributed by atoms with van der Waals surface area (Å²) in [7, 11) is 0. The fraction of sp³-hybridized carbons (Fsp3) is 0.231. The molecule has 0 fully saturated rings. The number of aliphatic carboxylic acids is 1. The average molecular weight is 547 g/mol. The molecule has 2 heterocycles. The summed E-state index contributed by atoms with van der Waals surface area (Å²) in [5.74, 6) is -2.50. The zero-order valence-corrected chi connectivity index (χ0v) is 21.0. The van der Waals surface area contributed by atoms with Crippen molar-refractivity contribution in [2.45, 2.75) is 32.5 Å². The minimum atomic E-state index is -4.53. The Kier molecular flexibility index (Phi) is 7.63. The van der Waals surface area contributed by atoms with Gasteiger partial charge in [-0.3, -0.25) is 4.79 Å². The number of carbonyl (C=O) groups is 2. The van der Waals surface area contributed by atoms with Crippen LogP contribution < -0.4 is 10.6 Å². The molecule has 0 bridgehead atoms. The molecule has 7 nitrogen and oxygen atoms in total. The molecular weight excluding hydrogens is 524 g/mol. The van der Waals surface area contributed by atoms with Gasteiger partial charge in [-0.25, -0.2) is 14.2 Å². The lowest BCUT2D eigenvalue weighted by Crippen LogP contribution is -2.45. The summed E-state index contributed by atoms with van der Waals surface area (Å²) >= 11 is 0.919. The number of thiazole rings is 1. The number of hydrogen-bond donors (Lipinski definition) is 3. The van der Waals surface area contributed by atoms with Gasteiger partial charge in [0.15, 0.2) is 10.8 Å². The third-order valence-corrected chi connectivity index (χ3v) is 6.94. The van der Waals surface area contributed by atoms with E-state index in [1.54, 1.807) is 25.1 Å². The second-order valence-corrected chi connectivity index (χ2v) is 9.67. The quantitative estimate of drug-likeness (QED) is 0.218. The average Bonchev–Trinajstić information content (AvgIpc) is 3.29. The molecule has 12 heteroatoms. The standard InChI is InChI=1S/C26H22F4N4O3S/c1-3-13(2)21(24(36)37)33-23(35)15-6-4-14(5-7-15)16-8-9-19(18(27)10-16)32-25-34-22-20(38-25)11-17(12-31-22)26(28,29)30/h4-13,21H,3H2,1-2H3,(H,33,35)(H,36,37)(H,31,32,34)/t13-,21-/m0/s1. The predicted molar refractivity (Wildman–Crippen MR) is 136 cm³/mol. The van der Waals surface area contributed by atoms with Gasteiger partial charge < -0.3 is 15.7 Å². The molecule has 0 aliphatic rings. The van der Waals surface area contributed by atoms with Gasteiger partial charge in [-0.15, -0.1) is 0 Å². The molecule has 4 rings (SSSR count). The molecular formula is C26H22F4N4O3S. The first-order chi connectivity index (χ1) is 18.0. The van der Waals surface area contributed by atoms with Crippen LogP contribution in [0.2, 0.25) is 0 Å². The van der Waals surface area contributed by atoms with Gasteiger partial charge in [0.2, 0.25) is 0 Å². The maximum absolute atomic E-state index is 14.9. The van der Waals surface area contributed by atoms with E-state index < -0.39 is 35.5 Å². The van der Waals surface area contributed by atoms with Gasteiger partial charge in [0, 0.05) is 11.8 Å². The van der Waals surface area contributed by atoms with Crippen LogP contribution in [0.4, 0.5) is 28.4 Å². The Hall–Kier alpha value is -4.06. The second-order valence-electron chi connectivity index (χ2n) is 8.63. The first-order valence-electron chi connectivity index (χ1n) is 11.5. The first kappa shape index (κ1) is 27.0. The normalized spacial score (nSPS) is 13.2. The first-order valence-corrected chi connectivity index (χ1v) is 12.3. The van der Waals surface area contributed by atoms with Crippen molar-refractivity contribution in [2.24, 2.45) is 5.92 Å². The summed E-state index contributed by atoms with van der Waals surface area (Å²) in [4.78, 5) is 31.8. The van der Waals surface area contributed by atoms with Crippen molar-refractivity contribution in [3.8, 4) is 11.1 Å². The Morgan fingerprint density at radius 3 is 2.37 bits per heavy atom. The zero-order valence-electron chi connectivity index (χ0n) is 20.1. The van der Waals surface area contributed by atoms with Gasteiger partial charge in [-0.2, -0.15) is 18.2 Å². The number of nitrogens with one attached hydrogen (secondary N) is 2. The van der Waals surface area contributed by atoms with Crippen molar-refractivity contribution >= 4 is 44.4 Å². The summed E-state index contributed by atoms with van der Waals surface area (Å²) in [6.45, 7) is 3.58. The lowest BCUT2D eigenvalue weighted by molar-refractivity contribution is -0.140. The van der Waals surface area contributed by atoms with Crippen LogP contribution in [0.5, 0.6) is 0 Å². The molecule has 0 unspecified atom stereocenters. The van der Waals surface area contributed by atoms with Gasteiger partial charge in [0.25, 0.3) is 5.91 Å². The molecule has 198 valence electrons. The molecule has 0 saturated heterocycles. The van der Waals surface area contributed by atoms with Crippen LogP contribution in [0, 0.1) is 11.7 Å². The van der Waals surface area contributed by atoms with E-state index in [0.29, 0.717) is 23.7 Å². The highest BCUT2D eigenvalue weighted by atomic mass is 32.1. The maximum Gasteiger partial charge on any atom is 0.417 e. The van der Waals surface area contributed by atoms with E-state index in [0.717, 1.165) is 17.4 Å². The molecule has 0 radical (unpaired) electrons. The van der Waals surface area contributed by atoms with Crippen LogP contribution in [-0.4, -0.2) is 33.0 Å². The van der Waals surface area contributed by atoms with E-state index in [4.69, 9.17) is 0 Å². The second kappa shape index (κ2) is 10.7. The number of aromatic nitrogens is 2. The van der Waals surface area contributed by atoms with Crippen LogP contribution in [0.3, 0.4) is 0 Å². The Balaban J connectivity index is 1.48. The van der Waals surface area contributed by atoms with Gasteiger partial charge in [-0.1, -0.05) is 49.8 Å². The Labute approximate surface area is 218 Å². The smallest absolute Gasteiger partial charge is 0.417 e.